The number of rotatable bonds is 5. The van der Waals surface area contributed by atoms with E-state index in [9.17, 15) is 4.79 Å². The zero-order valence-electron chi connectivity index (χ0n) is 14.4. The summed E-state index contributed by atoms with van der Waals surface area (Å²) in [5.41, 5.74) is 0. The van der Waals surface area contributed by atoms with Gasteiger partial charge in [-0.05, 0) is 31.2 Å². The van der Waals surface area contributed by atoms with Gasteiger partial charge in [0.25, 0.3) is 0 Å². The van der Waals surface area contributed by atoms with Crippen LogP contribution in [0.2, 0.25) is 0 Å². The van der Waals surface area contributed by atoms with Crippen LogP contribution in [0.3, 0.4) is 0 Å². The van der Waals surface area contributed by atoms with Crippen molar-refractivity contribution < 1.29 is 9.53 Å². The van der Waals surface area contributed by atoms with E-state index in [1.54, 1.807) is 0 Å². The zero-order valence-corrected chi connectivity index (χ0v) is 14.4. The average Bonchev–Trinajstić information content (AvgIpc) is 2.63. The summed E-state index contributed by atoms with van der Waals surface area (Å²) in [7, 11) is 0. The molecule has 3 fully saturated rings. The minimum Gasteiger partial charge on any atom is -0.379 e. The summed E-state index contributed by atoms with van der Waals surface area (Å²) >= 11 is 0. The predicted molar refractivity (Wildman–Crippen MR) is 91.4 cm³/mol. The van der Waals surface area contributed by atoms with E-state index in [1.807, 2.05) is 0 Å². The second kappa shape index (κ2) is 9.00. The van der Waals surface area contributed by atoms with Gasteiger partial charge >= 0.3 is 0 Å². The summed E-state index contributed by atoms with van der Waals surface area (Å²) in [6.45, 7) is 6.31. The molecule has 3 aliphatic rings. The lowest BCUT2D eigenvalue weighted by atomic mass is 9.74. The minimum absolute atomic E-state index is 0.0281. The molecule has 0 spiro atoms. The molecule has 5 nitrogen and oxygen atoms in total. The monoisotopic (exact) mass is 323 g/mol. The fourth-order valence-corrected chi connectivity index (χ4v) is 4.47. The maximum atomic E-state index is 12.5. The van der Waals surface area contributed by atoms with Crippen molar-refractivity contribution in [1.82, 2.24) is 15.5 Å². The van der Waals surface area contributed by atoms with E-state index in [0.717, 1.165) is 64.2 Å². The molecule has 1 aliphatic carbocycles. The summed E-state index contributed by atoms with van der Waals surface area (Å²) in [6, 6.07) is 0.0281. The van der Waals surface area contributed by atoms with Crippen LogP contribution in [0.4, 0.5) is 0 Å². The minimum atomic E-state index is 0.0281. The van der Waals surface area contributed by atoms with Crippen molar-refractivity contribution >= 4 is 5.91 Å². The first-order valence-electron chi connectivity index (χ1n) is 9.64. The Balaban J connectivity index is 1.38. The third kappa shape index (κ3) is 5.16. The Morgan fingerprint density at radius 1 is 1.09 bits per heavy atom. The summed E-state index contributed by atoms with van der Waals surface area (Å²) in [5, 5.41) is 6.57. The molecule has 132 valence electrons. The van der Waals surface area contributed by atoms with E-state index in [4.69, 9.17) is 4.74 Å². The zero-order chi connectivity index (χ0) is 15.9. The molecule has 1 saturated carbocycles. The van der Waals surface area contributed by atoms with Gasteiger partial charge < -0.3 is 15.4 Å². The van der Waals surface area contributed by atoms with Crippen molar-refractivity contribution in [3.8, 4) is 0 Å². The van der Waals surface area contributed by atoms with Crippen LogP contribution >= 0.6 is 0 Å². The average molecular weight is 323 g/mol. The Hall–Kier alpha value is -0.650. The van der Waals surface area contributed by atoms with Gasteiger partial charge in [-0.25, -0.2) is 0 Å². The first-order valence-corrected chi connectivity index (χ1v) is 9.64. The fourth-order valence-electron chi connectivity index (χ4n) is 4.47. The van der Waals surface area contributed by atoms with E-state index in [1.165, 1.54) is 38.5 Å². The molecule has 0 aromatic heterocycles. The Bertz CT molecular complexity index is 365. The van der Waals surface area contributed by atoms with Gasteiger partial charge in [-0.2, -0.15) is 0 Å². The molecule has 0 radical (unpaired) electrons. The lowest BCUT2D eigenvalue weighted by Crippen LogP contribution is -2.51. The van der Waals surface area contributed by atoms with Crippen LogP contribution < -0.4 is 10.6 Å². The molecule has 2 heterocycles. The van der Waals surface area contributed by atoms with E-state index in [2.05, 4.69) is 15.5 Å². The quantitative estimate of drug-likeness (QED) is 0.803. The Kier molecular flexibility index (Phi) is 6.72. The third-order valence-electron chi connectivity index (χ3n) is 5.91. The molecule has 3 rings (SSSR count). The second-order valence-corrected chi connectivity index (χ2v) is 7.43. The molecule has 23 heavy (non-hydrogen) atoms. The fraction of sp³-hybridized carbons (Fsp3) is 0.944. The van der Waals surface area contributed by atoms with Gasteiger partial charge in [0.15, 0.2) is 0 Å². The summed E-state index contributed by atoms with van der Waals surface area (Å²) in [6.07, 6.45) is 9.26. The number of hydrogen-bond acceptors (Lipinski definition) is 4. The standard InChI is InChI=1S/C18H33N3O2/c22-18(20-8-9-21-10-12-23-13-11-21)17-14-16(6-7-19-17)15-4-2-1-3-5-15/h15-17,19H,1-14H2,(H,20,22)/t16-,17+/m1/s1. The second-order valence-electron chi connectivity index (χ2n) is 7.43. The highest BCUT2D eigenvalue weighted by molar-refractivity contribution is 5.81. The lowest BCUT2D eigenvalue weighted by molar-refractivity contribution is -0.124. The molecule has 2 saturated heterocycles. The number of carbonyl (C=O) groups excluding carboxylic acids is 1. The number of nitrogens with zero attached hydrogens (tertiary/aromatic N) is 1. The van der Waals surface area contributed by atoms with Crippen LogP contribution in [0.15, 0.2) is 0 Å². The molecule has 1 amide bonds. The van der Waals surface area contributed by atoms with Crippen molar-refractivity contribution in [2.24, 2.45) is 11.8 Å². The predicted octanol–water partition coefficient (Wildman–Crippen LogP) is 1.38. The van der Waals surface area contributed by atoms with Gasteiger partial charge in [-0.15, -0.1) is 0 Å². The maximum absolute atomic E-state index is 12.5. The van der Waals surface area contributed by atoms with Crippen LogP contribution in [0.25, 0.3) is 0 Å². The molecule has 0 bridgehead atoms. The summed E-state index contributed by atoms with van der Waals surface area (Å²) in [5.74, 6) is 1.83. The van der Waals surface area contributed by atoms with Gasteiger partial charge in [0, 0.05) is 26.2 Å². The molecule has 0 aromatic rings. The Morgan fingerprint density at radius 3 is 2.65 bits per heavy atom. The Morgan fingerprint density at radius 2 is 1.87 bits per heavy atom. The topological polar surface area (TPSA) is 53.6 Å². The van der Waals surface area contributed by atoms with Gasteiger partial charge in [-0.1, -0.05) is 32.1 Å². The third-order valence-corrected chi connectivity index (χ3v) is 5.91. The van der Waals surface area contributed by atoms with Crippen LogP contribution in [0.1, 0.15) is 44.9 Å². The normalized spacial score (nSPS) is 31.0. The number of carbonyl (C=O) groups is 1. The van der Waals surface area contributed by atoms with Crippen molar-refractivity contribution in [3.05, 3.63) is 0 Å². The van der Waals surface area contributed by atoms with Crippen molar-refractivity contribution in [2.45, 2.75) is 51.0 Å². The first kappa shape index (κ1) is 17.2. The van der Waals surface area contributed by atoms with E-state index < -0.39 is 0 Å². The van der Waals surface area contributed by atoms with Crippen LogP contribution in [0, 0.1) is 11.8 Å². The number of hydrogen-bond donors (Lipinski definition) is 2. The molecular weight excluding hydrogens is 290 g/mol. The molecule has 0 aromatic carbocycles. The molecular formula is C18H33N3O2. The highest BCUT2D eigenvalue weighted by atomic mass is 16.5. The van der Waals surface area contributed by atoms with Crippen molar-refractivity contribution in [3.63, 3.8) is 0 Å². The van der Waals surface area contributed by atoms with E-state index >= 15 is 0 Å². The lowest BCUT2D eigenvalue weighted by Gasteiger charge is -2.36. The molecule has 2 aliphatic heterocycles. The molecule has 2 N–H and O–H groups in total. The van der Waals surface area contributed by atoms with E-state index in [-0.39, 0.29) is 11.9 Å². The maximum Gasteiger partial charge on any atom is 0.237 e. The smallest absolute Gasteiger partial charge is 0.237 e. The Labute approximate surface area is 140 Å². The van der Waals surface area contributed by atoms with Crippen molar-refractivity contribution in [2.75, 3.05) is 45.9 Å². The molecule has 2 atom stereocenters. The summed E-state index contributed by atoms with van der Waals surface area (Å²) in [4.78, 5) is 14.8. The largest absolute Gasteiger partial charge is 0.379 e. The number of amides is 1. The molecule has 5 heteroatoms. The summed E-state index contributed by atoms with van der Waals surface area (Å²) < 4.78 is 5.35. The van der Waals surface area contributed by atoms with E-state index in [0.29, 0.717) is 0 Å². The van der Waals surface area contributed by atoms with Gasteiger partial charge in [0.2, 0.25) is 5.91 Å². The number of morpholine rings is 1. The highest BCUT2D eigenvalue weighted by Crippen LogP contribution is 2.35. The van der Waals surface area contributed by atoms with Crippen LogP contribution in [0.5, 0.6) is 0 Å². The molecule has 0 unspecified atom stereocenters. The SMILES string of the molecule is O=C(NCCN1CCOCC1)[C@@H]1C[C@H](C2CCCCC2)CCN1. The number of ether oxygens (including phenoxy) is 1. The van der Waals surface area contributed by atoms with Gasteiger partial charge in [0.1, 0.15) is 0 Å². The van der Waals surface area contributed by atoms with Gasteiger partial charge in [0.05, 0.1) is 19.3 Å². The van der Waals surface area contributed by atoms with Crippen molar-refractivity contribution in [1.29, 1.82) is 0 Å². The van der Waals surface area contributed by atoms with Gasteiger partial charge in [-0.3, -0.25) is 9.69 Å². The number of nitrogens with one attached hydrogen (secondary N) is 2. The van der Waals surface area contributed by atoms with Crippen LogP contribution in [-0.2, 0) is 9.53 Å². The first-order chi connectivity index (χ1) is 11.3. The van der Waals surface area contributed by atoms with Crippen LogP contribution in [-0.4, -0.2) is 62.8 Å². The highest BCUT2D eigenvalue weighted by Gasteiger charge is 2.32. The number of piperidine rings is 1.